The van der Waals surface area contributed by atoms with Gasteiger partial charge in [-0.05, 0) is 87.2 Å². The number of nitrogens with zero attached hydrogens (tertiary/aromatic N) is 4. The molecule has 17 heteroatoms. The van der Waals surface area contributed by atoms with E-state index in [2.05, 4.69) is 9.97 Å². The van der Waals surface area contributed by atoms with Gasteiger partial charge in [-0.1, -0.05) is 0 Å². The van der Waals surface area contributed by atoms with Crippen molar-refractivity contribution in [3.05, 3.63) is 82.7 Å². The molecule has 15 nitrogen and oxygen atoms in total. The summed E-state index contributed by atoms with van der Waals surface area (Å²) in [5.74, 6) is 2.08. The Balaban J connectivity index is 0.000000190. The van der Waals surface area contributed by atoms with Crippen molar-refractivity contribution in [2.24, 2.45) is 11.8 Å². The van der Waals surface area contributed by atoms with Crippen molar-refractivity contribution in [3.63, 3.8) is 0 Å². The van der Waals surface area contributed by atoms with Crippen LogP contribution in [0.5, 0.6) is 34.5 Å². The second-order valence-corrected chi connectivity index (χ2v) is 16.2. The van der Waals surface area contributed by atoms with Crippen LogP contribution in [0.4, 0.5) is 20.4 Å². The Kier molecular flexibility index (Phi) is 15.7. The summed E-state index contributed by atoms with van der Waals surface area (Å²) in [6, 6.07) is 8.22. The van der Waals surface area contributed by atoms with Crippen molar-refractivity contribution < 1.29 is 52.3 Å². The lowest BCUT2D eigenvalue weighted by Crippen LogP contribution is -2.38. The van der Waals surface area contributed by atoms with Crippen LogP contribution in [0.1, 0.15) is 95.0 Å². The summed E-state index contributed by atoms with van der Waals surface area (Å²) in [7, 11) is 6.02. The number of piperidine rings is 2. The summed E-state index contributed by atoms with van der Waals surface area (Å²) in [4.78, 5) is 37.3. The summed E-state index contributed by atoms with van der Waals surface area (Å²) in [6.45, 7) is 2.93. The van der Waals surface area contributed by atoms with Gasteiger partial charge in [0.05, 0.1) is 46.2 Å². The van der Waals surface area contributed by atoms with Crippen LogP contribution in [0, 0.1) is 23.5 Å². The number of rotatable bonds is 12. The summed E-state index contributed by atoms with van der Waals surface area (Å²) in [5, 5.41) is 17.8. The van der Waals surface area contributed by atoms with Crippen molar-refractivity contribution in [3.8, 4) is 34.5 Å². The van der Waals surface area contributed by atoms with Crippen LogP contribution in [-0.4, -0.2) is 110 Å². The molecule has 63 heavy (non-hydrogen) atoms. The van der Waals surface area contributed by atoms with Gasteiger partial charge in [-0.15, -0.1) is 0 Å². The van der Waals surface area contributed by atoms with Gasteiger partial charge in [0, 0.05) is 80.6 Å². The highest BCUT2D eigenvalue weighted by Gasteiger charge is 2.31. The molecule has 2 amide bonds. The first kappa shape index (κ1) is 46.4. The van der Waals surface area contributed by atoms with Gasteiger partial charge < -0.3 is 55.2 Å². The molecule has 0 bridgehead atoms. The molecule has 340 valence electrons. The SMILES string of the molecule is COc1cc(C(=O)N2CCC(c3cnc(N)cc3OC)CC2)c(F)cc1O.COc1cc(C(=O)N2CCC(c3cnc(N)cc3OC)CC2)c(F)cc1OCC1CC1.OCC1CC1. The zero-order chi connectivity index (χ0) is 45.2. The molecule has 4 heterocycles. The average Bonchev–Trinajstić information content (AvgIpc) is 4.25. The van der Waals surface area contributed by atoms with E-state index in [0.717, 1.165) is 42.9 Å². The number of aromatic nitrogens is 2. The zero-order valence-electron chi connectivity index (χ0n) is 36.3. The van der Waals surface area contributed by atoms with Crippen LogP contribution in [0.15, 0.2) is 48.8 Å². The monoisotopic (exact) mass is 876 g/mol. The number of phenols is 1. The van der Waals surface area contributed by atoms with Crippen LogP contribution >= 0.6 is 0 Å². The Hall–Kier alpha value is -6.10. The number of nitrogens with two attached hydrogens (primary N) is 2. The van der Waals surface area contributed by atoms with E-state index < -0.39 is 17.5 Å². The number of hydrogen-bond donors (Lipinski definition) is 4. The van der Waals surface area contributed by atoms with Crippen LogP contribution < -0.4 is 35.2 Å². The molecule has 0 radical (unpaired) electrons. The number of aliphatic hydroxyl groups excluding tert-OH is 1. The third kappa shape index (κ3) is 11.9. The van der Waals surface area contributed by atoms with Crippen LogP contribution in [0.2, 0.25) is 0 Å². The van der Waals surface area contributed by atoms with Crippen LogP contribution in [0.25, 0.3) is 0 Å². The van der Waals surface area contributed by atoms with Crippen LogP contribution in [-0.2, 0) is 0 Å². The number of carbonyl (C=O) groups excluding carboxylic acids is 2. The van der Waals surface area contributed by atoms with Crippen molar-refractivity contribution in [2.45, 2.75) is 63.2 Å². The molecule has 4 fully saturated rings. The number of benzene rings is 2. The van der Waals surface area contributed by atoms with E-state index in [1.165, 1.54) is 45.3 Å². The molecule has 2 aliphatic carbocycles. The number of hydrogen-bond acceptors (Lipinski definition) is 13. The molecular formula is C46H58F2N6O9. The third-order valence-electron chi connectivity index (χ3n) is 11.8. The Morgan fingerprint density at radius 1 is 0.619 bits per heavy atom. The highest BCUT2D eigenvalue weighted by molar-refractivity contribution is 5.96. The molecule has 2 aromatic heterocycles. The lowest BCUT2D eigenvalue weighted by molar-refractivity contribution is 0.0699. The highest BCUT2D eigenvalue weighted by atomic mass is 19.1. The predicted molar refractivity (Wildman–Crippen MR) is 232 cm³/mol. The van der Waals surface area contributed by atoms with Gasteiger partial charge in [0.25, 0.3) is 11.8 Å². The zero-order valence-corrected chi connectivity index (χ0v) is 36.3. The van der Waals surface area contributed by atoms with E-state index in [-0.39, 0.29) is 40.4 Å². The smallest absolute Gasteiger partial charge is 0.256 e. The fourth-order valence-electron chi connectivity index (χ4n) is 7.65. The average molecular weight is 877 g/mol. The summed E-state index contributed by atoms with van der Waals surface area (Å²) >= 11 is 0. The Bertz CT molecular complexity index is 2210. The third-order valence-corrected chi connectivity index (χ3v) is 11.8. The molecule has 2 aliphatic heterocycles. The van der Waals surface area contributed by atoms with Crippen molar-refractivity contribution >= 4 is 23.5 Å². The van der Waals surface area contributed by atoms with Gasteiger partial charge >= 0.3 is 0 Å². The lowest BCUT2D eigenvalue weighted by Gasteiger charge is -2.32. The number of methoxy groups -OCH3 is 4. The number of pyridine rings is 2. The Morgan fingerprint density at radius 2 is 1.05 bits per heavy atom. The first-order chi connectivity index (χ1) is 30.4. The van der Waals surface area contributed by atoms with Gasteiger partial charge in [-0.25, -0.2) is 18.7 Å². The molecule has 2 saturated heterocycles. The van der Waals surface area contributed by atoms with Crippen LogP contribution in [0.3, 0.4) is 0 Å². The topological polar surface area (TPSA) is 205 Å². The standard InChI is InChI=1S/C23H28FN3O4.C19H22FN3O4.C4H8O/c1-29-19-11-22(25)26-12-17(19)15-5-7-27(8-6-15)23(28)16-9-20(30-2)21(10-18(16)24)31-13-14-3-4-14;1-26-16-9-18(21)22-10-13(16)11-3-5-23(6-4-11)19(25)12-7-17(27-2)15(24)8-14(12)20;5-3-4-1-2-4/h9-12,14-15H,3-8,13H2,1-2H3,(H2,25,26);7-11,24H,3-6H2,1-2H3,(H2,21,22);4-5H,1-3H2. The molecule has 0 spiro atoms. The number of anilines is 2. The minimum absolute atomic E-state index is 0.000744. The largest absolute Gasteiger partial charge is 0.504 e. The fourth-order valence-corrected chi connectivity index (χ4v) is 7.65. The Morgan fingerprint density at radius 3 is 1.44 bits per heavy atom. The predicted octanol–water partition coefficient (Wildman–Crippen LogP) is 6.56. The summed E-state index contributed by atoms with van der Waals surface area (Å²) < 4.78 is 55.8. The summed E-state index contributed by atoms with van der Waals surface area (Å²) in [5.41, 5.74) is 13.3. The lowest BCUT2D eigenvalue weighted by atomic mass is 9.89. The van der Waals surface area contributed by atoms with Crippen molar-refractivity contribution in [1.82, 2.24) is 19.8 Å². The van der Waals surface area contributed by atoms with E-state index in [1.807, 2.05) is 0 Å². The first-order valence-corrected chi connectivity index (χ1v) is 21.2. The first-order valence-electron chi connectivity index (χ1n) is 21.2. The number of ether oxygens (including phenoxy) is 5. The van der Waals surface area contributed by atoms with Gasteiger partial charge in [0.15, 0.2) is 23.0 Å². The quantitative estimate of drug-likeness (QED) is 0.119. The second-order valence-electron chi connectivity index (χ2n) is 16.2. The fraction of sp³-hybridized carbons (Fsp3) is 0.478. The number of aliphatic hydroxyl groups is 1. The number of likely N-dealkylation sites (tertiary alicyclic amines) is 2. The number of carbonyl (C=O) groups is 2. The van der Waals surface area contributed by atoms with E-state index in [1.54, 1.807) is 48.5 Å². The molecule has 4 aromatic rings. The number of aromatic hydroxyl groups is 1. The number of phenolic OH excluding ortho intramolecular Hbond substituents is 1. The second kappa shape index (κ2) is 21.3. The minimum atomic E-state index is -0.773. The number of amides is 2. The van der Waals surface area contributed by atoms with E-state index in [9.17, 15) is 23.5 Å². The molecule has 2 saturated carbocycles. The van der Waals surface area contributed by atoms with E-state index in [4.69, 9.17) is 40.3 Å². The van der Waals surface area contributed by atoms with Gasteiger partial charge in [0.1, 0.15) is 34.8 Å². The highest BCUT2D eigenvalue weighted by Crippen LogP contribution is 2.39. The minimum Gasteiger partial charge on any atom is -0.504 e. The van der Waals surface area contributed by atoms with Crippen molar-refractivity contribution in [1.29, 1.82) is 0 Å². The van der Waals surface area contributed by atoms with Crippen molar-refractivity contribution in [2.75, 3.05) is 79.3 Å². The number of halogens is 2. The molecule has 6 N–H and O–H groups in total. The van der Waals surface area contributed by atoms with Gasteiger partial charge in [0.2, 0.25) is 0 Å². The van der Waals surface area contributed by atoms with Gasteiger partial charge in [-0.2, -0.15) is 0 Å². The van der Waals surface area contributed by atoms with Gasteiger partial charge in [-0.3, -0.25) is 9.59 Å². The molecular weight excluding hydrogens is 819 g/mol. The molecule has 2 aromatic carbocycles. The molecule has 4 aliphatic rings. The maximum atomic E-state index is 14.8. The Labute approximate surface area is 366 Å². The summed E-state index contributed by atoms with van der Waals surface area (Å²) in [6.07, 6.45) is 11.1. The normalized spacial score (nSPS) is 16.5. The number of nitrogen functional groups attached to an aromatic ring is 2. The molecule has 0 atom stereocenters. The van der Waals surface area contributed by atoms with E-state index >= 15 is 0 Å². The van der Waals surface area contributed by atoms with E-state index in [0.29, 0.717) is 98.7 Å². The maximum Gasteiger partial charge on any atom is 0.256 e. The molecule has 8 rings (SSSR count). The molecule has 0 unspecified atom stereocenters. The maximum absolute atomic E-state index is 14.8.